The van der Waals surface area contributed by atoms with Gasteiger partial charge >= 0.3 is 0 Å². The van der Waals surface area contributed by atoms with Gasteiger partial charge in [-0.25, -0.2) is 4.98 Å². The van der Waals surface area contributed by atoms with E-state index in [1.165, 1.54) is 37.2 Å². The molecule has 0 saturated carbocycles. The monoisotopic (exact) mass is 532 g/mol. The average Bonchev–Trinajstić information content (AvgIpc) is 3.43. The summed E-state index contributed by atoms with van der Waals surface area (Å²) in [5, 5.41) is 6.93. The molecule has 1 fully saturated rings. The van der Waals surface area contributed by atoms with E-state index in [0.717, 1.165) is 30.3 Å². The van der Waals surface area contributed by atoms with Crippen molar-refractivity contribution in [2.24, 2.45) is 4.99 Å². The first-order chi connectivity index (χ1) is 14.7. The van der Waals surface area contributed by atoms with Gasteiger partial charge in [-0.05, 0) is 56.5 Å². The minimum absolute atomic E-state index is 0. The van der Waals surface area contributed by atoms with Gasteiger partial charge in [0.1, 0.15) is 5.65 Å². The molecule has 1 saturated heterocycles. The molecule has 3 heterocycles. The molecule has 2 N–H and O–H groups in total. The summed E-state index contributed by atoms with van der Waals surface area (Å²) in [7, 11) is 0. The number of benzene rings is 1. The number of nitrogens with one attached hydrogen (secondary N) is 2. The fraction of sp³-hybridized carbons (Fsp3) is 0.417. The number of fused-ring (bicyclic) bond motifs is 1. The van der Waals surface area contributed by atoms with E-state index in [1.54, 1.807) is 0 Å². The van der Waals surface area contributed by atoms with E-state index in [4.69, 9.17) is 4.99 Å². The number of pyridine rings is 1. The number of aromatic nitrogens is 2. The summed E-state index contributed by atoms with van der Waals surface area (Å²) in [6.45, 7) is 8.15. The lowest BCUT2D eigenvalue weighted by Gasteiger charge is -2.22. The number of guanidine groups is 1. The van der Waals surface area contributed by atoms with Gasteiger partial charge in [0.15, 0.2) is 5.96 Å². The molecule has 0 bridgehead atoms. The standard InChI is InChI=1S/C24H32N6.HI/c1-3-25-24(26-13-12-21-18-30-16-5-4-11-23(30)28-21)27-19(2)20-9-8-10-22(17-20)29-14-6-7-15-29;/h4-5,8-11,16-19H,3,6-7,12-15H2,1-2H3,(H2,25,26,27);1H. The highest BCUT2D eigenvalue weighted by atomic mass is 127. The van der Waals surface area contributed by atoms with Crippen LogP contribution in [0.15, 0.2) is 59.9 Å². The van der Waals surface area contributed by atoms with Crippen LogP contribution in [0.3, 0.4) is 0 Å². The summed E-state index contributed by atoms with van der Waals surface area (Å²) < 4.78 is 2.05. The largest absolute Gasteiger partial charge is 0.372 e. The molecule has 1 aliphatic rings. The van der Waals surface area contributed by atoms with Gasteiger partial charge in [-0.15, -0.1) is 24.0 Å². The minimum Gasteiger partial charge on any atom is -0.372 e. The fourth-order valence-corrected chi connectivity index (χ4v) is 3.96. The van der Waals surface area contributed by atoms with Crippen molar-refractivity contribution < 1.29 is 0 Å². The van der Waals surface area contributed by atoms with E-state index in [9.17, 15) is 0 Å². The molecule has 1 aromatic carbocycles. The zero-order valence-corrected chi connectivity index (χ0v) is 20.8. The van der Waals surface area contributed by atoms with E-state index < -0.39 is 0 Å². The van der Waals surface area contributed by atoms with E-state index in [1.807, 2.05) is 24.4 Å². The lowest BCUT2D eigenvalue weighted by Crippen LogP contribution is -2.39. The van der Waals surface area contributed by atoms with Crippen LogP contribution in [0.25, 0.3) is 5.65 Å². The third-order valence-corrected chi connectivity index (χ3v) is 5.59. The van der Waals surface area contributed by atoms with Crippen LogP contribution < -0.4 is 15.5 Å². The molecule has 0 spiro atoms. The van der Waals surface area contributed by atoms with Crippen molar-refractivity contribution in [1.82, 2.24) is 20.0 Å². The molecule has 1 aliphatic heterocycles. The summed E-state index contributed by atoms with van der Waals surface area (Å²) in [6.07, 6.45) is 7.51. The van der Waals surface area contributed by atoms with Crippen LogP contribution in [-0.2, 0) is 6.42 Å². The molecule has 4 rings (SSSR count). The Hall–Kier alpha value is -2.29. The number of aliphatic imine (C=N–C) groups is 1. The van der Waals surface area contributed by atoms with Crippen molar-refractivity contribution in [3.8, 4) is 0 Å². The Kier molecular flexibility index (Phi) is 8.57. The second-order valence-corrected chi connectivity index (χ2v) is 7.86. The normalized spacial score (nSPS) is 15.0. The molecule has 3 aromatic rings. The van der Waals surface area contributed by atoms with Crippen LogP contribution in [0.4, 0.5) is 5.69 Å². The molecule has 6 nitrogen and oxygen atoms in total. The Morgan fingerprint density at radius 2 is 2.00 bits per heavy atom. The molecule has 0 amide bonds. The first kappa shape index (κ1) is 23.4. The lowest BCUT2D eigenvalue weighted by atomic mass is 10.1. The summed E-state index contributed by atoms with van der Waals surface area (Å²) in [5.74, 6) is 0.848. The van der Waals surface area contributed by atoms with Crippen molar-refractivity contribution in [2.75, 3.05) is 31.1 Å². The van der Waals surface area contributed by atoms with Gasteiger partial charge in [-0.3, -0.25) is 4.99 Å². The topological polar surface area (TPSA) is 57.0 Å². The maximum atomic E-state index is 4.78. The molecule has 1 unspecified atom stereocenters. The van der Waals surface area contributed by atoms with Gasteiger partial charge in [-0.1, -0.05) is 18.2 Å². The molecule has 1 atom stereocenters. The predicted octanol–water partition coefficient (Wildman–Crippen LogP) is 4.41. The zero-order valence-electron chi connectivity index (χ0n) is 18.4. The Morgan fingerprint density at radius 1 is 1.16 bits per heavy atom. The van der Waals surface area contributed by atoms with E-state index >= 15 is 0 Å². The van der Waals surface area contributed by atoms with Gasteiger partial charge in [0.25, 0.3) is 0 Å². The fourth-order valence-electron chi connectivity index (χ4n) is 3.96. The lowest BCUT2D eigenvalue weighted by molar-refractivity contribution is 0.685. The maximum Gasteiger partial charge on any atom is 0.191 e. The number of nitrogens with zero attached hydrogens (tertiary/aromatic N) is 4. The highest BCUT2D eigenvalue weighted by Crippen LogP contribution is 2.23. The summed E-state index contributed by atoms with van der Waals surface area (Å²) in [4.78, 5) is 11.9. The quantitative estimate of drug-likeness (QED) is 0.269. The number of rotatable bonds is 7. The van der Waals surface area contributed by atoms with Crippen LogP contribution in [-0.4, -0.2) is 41.5 Å². The van der Waals surface area contributed by atoms with Crippen LogP contribution in [0.2, 0.25) is 0 Å². The molecule has 0 radical (unpaired) electrons. The van der Waals surface area contributed by atoms with Crippen LogP contribution in [0.5, 0.6) is 0 Å². The van der Waals surface area contributed by atoms with Crippen LogP contribution in [0.1, 0.15) is 44.0 Å². The smallest absolute Gasteiger partial charge is 0.191 e. The maximum absolute atomic E-state index is 4.78. The van der Waals surface area contributed by atoms with Gasteiger partial charge in [-0.2, -0.15) is 0 Å². The van der Waals surface area contributed by atoms with E-state index in [2.05, 4.69) is 69.2 Å². The van der Waals surface area contributed by atoms with Crippen molar-refractivity contribution in [3.05, 3.63) is 66.1 Å². The predicted molar refractivity (Wildman–Crippen MR) is 140 cm³/mol. The summed E-state index contributed by atoms with van der Waals surface area (Å²) >= 11 is 0. The minimum atomic E-state index is 0. The number of halogens is 1. The average molecular weight is 532 g/mol. The Balaban J connectivity index is 0.00000272. The molecular formula is C24H33IN6. The molecule has 2 aromatic heterocycles. The Labute approximate surface area is 202 Å². The summed E-state index contributed by atoms with van der Waals surface area (Å²) in [6, 6.07) is 15.1. The highest BCUT2D eigenvalue weighted by molar-refractivity contribution is 14.0. The van der Waals surface area contributed by atoms with Gasteiger partial charge in [0, 0.05) is 50.7 Å². The Morgan fingerprint density at radius 3 is 2.77 bits per heavy atom. The molecular weight excluding hydrogens is 499 g/mol. The van der Waals surface area contributed by atoms with E-state index in [-0.39, 0.29) is 30.0 Å². The highest BCUT2D eigenvalue weighted by Gasteiger charge is 2.14. The number of imidazole rings is 1. The molecule has 166 valence electrons. The third kappa shape index (κ3) is 6.12. The van der Waals surface area contributed by atoms with Gasteiger partial charge in [0.2, 0.25) is 0 Å². The second-order valence-electron chi connectivity index (χ2n) is 7.86. The first-order valence-corrected chi connectivity index (χ1v) is 11.1. The second kappa shape index (κ2) is 11.4. The van der Waals surface area contributed by atoms with Crippen LogP contribution >= 0.6 is 24.0 Å². The van der Waals surface area contributed by atoms with E-state index in [0.29, 0.717) is 6.54 Å². The first-order valence-electron chi connectivity index (χ1n) is 11.1. The van der Waals surface area contributed by atoms with Crippen LogP contribution in [0, 0.1) is 0 Å². The van der Waals surface area contributed by atoms with Crippen molar-refractivity contribution >= 4 is 41.3 Å². The van der Waals surface area contributed by atoms with Crippen molar-refractivity contribution in [2.45, 2.75) is 39.2 Å². The zero-order chi connectivity index (χ0) is 20.8. The number of hydrogen-bond donors (Lipinski definition) is 2. The molecule has 7 heteroatoms. The molecule has 0 aliphatic carbocycles. The van der Waals surface area contributed by atoms with Crippen molar-refractivity contribution in [3.63, 3.8) is 0 Å². The molecule has 31 heavy (non-hydrogen) atoms. The van der Waals surface area contributed by atoms with Gasteiger partial charge < -0.3 is 19.9 Å². The summed E-state index contributed by atoms with van der Waals surface area (Å²) in [5.41, 5.74) is 4.65. The Bertz CT molecular complexity index is 959. The van der Waals surface area contributed by atoms with Gasteiger partial charge in [0.05, 0.1) is 11.7 Å². The SMILES string of the molecule is CCNC(=NCCc1cn2ccccc2n1)NC(C)c1cccc(N2CCCC2)c1.I. The number of anilines is 1. The van der Waals surface area contributed by atoms with Crippen molar-refractivity contribution in [1.29, 1.82) is 0 Å². The number of hydrogen-bond acceptors (Lipinski definition) is 3. The third-order valence-electron chi connectivity index (χ3n) is 5.59.